The number of aromatic nitrogens is 4. The van der Waals surface area contributed by atoms with Gasteiger partial charge in [0.1, 0.15) is 0 Å². The Morgan fingerprint density at radius 1 is 1.28 bits per heavy atom. The molecule has 1 aliphatic rings. The average Bonchev–Trinajstić information content (AvgIpc) is 2.91. The van der Waals surface area contributed by atoms with Crippen molar-refractivity contribution in [1.82, 2.24) is 20.4 Å². The smallest absolute Gasteiger partial charge is 0.226 e. The molecular weight excluding hydrogens is 270 g/mol. The van der Waals surface area contributed by atoms with Gasteiger partial charge in [-0.25, -0.2) is 0 Å². The summed E-state index contributed by atoms with van der Waals surface area (Å²) in [7, 11) is 0. The van der Waals surface area contributed by atoms with E-state index in [1.165, 1.54) is 12.8 Å². The average molecular weight is 283 g/mol. The summed E-state index contributed by atoms with van der Waals surface area (Å²) in [5.74, 6) is 1.97. The quantitative estimate of drug-likeness (QED) is 0.815. The summed E-state index contributed by atoms with van der Waals surface area (Å²) < 4.78 is 6.36. The number of nitrogens with zero attached hydrogens (tertiary/aromatic N) is 4. The first-order valence-corrected chi connectivity index (χ1v) is 7.68. The topological polar surface area (TPSA) is 76.7 Å². The molecule has 0 saturated heterocycles. The van der Waals surface area contributed by atoms with Gasteiger partial charge in [-0.1, -0.05) is 30.0 Å². The van der Waals surface area contributed by atoms with Crippen molar-refractivity contribution < 1.29 is 4.42 Å². The van der Waals surface area contributed by atoms with E-state index < -0.39 is 0 Å². The maximum atomic E-state index is 5.43. The summed E-state index contributed by atoms with van der Waals surface area (Å²) in [6.07, 6.45) is 3.25. The SMILES string of the molecule is CCc1nnc(CSc2nnc(NC3CC3)s2)o1. The predicted octanol–water partition coefficient (Wildman–Crippen LogP) is 2.35. The Bertz CT molecular complexity index is 522. The van der Waals surface area contributed by atoms with Gasteiger partial charge in [0.15, 0.2) is 4.34 Å². The lowest BCUT2D eigenvalue weighted by Gasteiger charge is -1.94. The third-order valence-corrected chi connectivity index (χ3v) is 4.41. The molecule has 0 aliphatic heterocycles. The maximum Gasteiger partial charge on any atom is 0.226 e. The Morgan fingerprint density at radius 3 is 2.83 bits per heavy atom. The molecule has 1 saturated carbocycles. The Labute approximate surface area is 113 Å². The molecule has 0 radical (unpaired) electrons. The highest BCUT2D eigenvalue weighted by molar-refractivity contribution is 8.00. The molecule has 0 bridgehead atoms. The van der Waals surface area contributed by atoms with E-state index in [1.807, 2.05) is 6.92 Å². The van der Waals surface area contributed by atoms with Crippen molar-refractivity contribution in [2.75, 3.05) is 5.32 Å². The van der Waals surface area contributed by atoms with Crippen molar-refractivity contribution in [2.24, 2.45) is 0 Å². The van der Waals surface area contributed by atoms with Crippen LogP contribution in [0.25, 0.3) is 0 Å². The fourth-order valence-corrected chi connectivity index (χ4v) is 3.01. The molecule has 1 fully saturated rings. The van der Waals surface area contributed by atoms with Gasteiger partial charge < -0.3 is 9.73 Å². The summed E-state index contributed by atoms with van der Waals surface area (Å²) in [6, 6.07) is 0.610. The minimum atomic E-state index is 0.610. The minimum absolute atomic E-state index is 0.610. The molecule has 0 atom stereocenters. The van der Waals surface area contributed by atoms with E-state index >= 15 is 0 Å². The third-order valence-electron chi connectivity index (χ3n) is 2.44. The molecule has 1 aliphatic carbocycles. The lowest BCUT2D eigenvalue weighted by molar-refractivity contribution is 0.470. The maximum absolute atomic E-state index is 5.43. The molecule has 96 valence electrons. The molecule has 0 spiro atoms. The van der Waals surface area contributed by atoms with Gasteiger partial charge in [-0.15, -0.1) is 20.4 Å². The van der Waals surface area contributed by atoms with Crippen LogP contribution in [0.15, 0.2) is 8.76 Å². The summed E-state index contributed by atoms with van der Waals surface area (Å²) in [5.41, 5.74) is 0. The number of hydrogen-bond donors (Lipinski definition) is 1. The minimum Gasteiger partial charge on any atom is -0.424 e. The highest BCUT2D eigenvalue weighted by atomic mass is 32.2. The van der Waals surface area contributed by atoms with Crippen LogP contribution in [0.5, 0.6) is 0 Å². The zero-order valence-electron chi connectivity index (χ0n) is 9.92. The van der Waals surface area contributed by atoms with E-state index in [4.69, 9.17) is 4.42 Å². The summed E-state index contributed by atoms with van der Waals surface area (Å²) in [5, 5.41) is 20.3. The highest BCUT2D eigenvalue weighted by Gasteiger charge is 2.22. The van der Waals surface area contributed by atoms with Gasteiger partial charge in [0, 0.05) is 12.5 Å². The molecule has 0 amide bonds. The van der Waals surface area contributed by atoms with E-state index in [0.29, 0.717) is 23.6 Å². The van der Waals surface area contributed by atoms with Gasteiger partial charge in [-0.05, 0) is 12.8 Å². The number of aryl methyl sites for hydroxylation is 1. The summed E-state index contributed by atoms with van der Waals surface area (Å²) in [4.78, 5) is 0. The van der Waals surface area contributed by atoms with Crippen molar-refractivity contribution in [3.8, 4) is 0 Å². The number of nitrogens with one attached hydrogen (secondary N) is 1. The number of anilines is 1. The number of hydrogen-bond acceptors (Lipinski definition) is 8. The molecule has 2 heterocycles. The molecular formula is C10H13N5OS2. The van der Waals surface area contributed by atoms with E-state index in [-0.39, 0.29) is 0 Å². The van der Waals surface area contributed by atoms with Crippen LogP contribution in [0.3, 0.4) is 0 Å². The third kappa shape index (κ3) is 2.99. The van der Waals surface area contributed by atoms with Crippen LogP contribution >= 0.6 is 23.1 Å². The molecule has 6 nitrogen and oxygen atoms in total. The first-order valence-electron chi connectivity index (χ1n) is 5.87. The van der Waals surface area contributed by atoms with E-state index in [0.717, 1.165) is 15.9 Å². The predicted molar refractivity (Wildman–Crippen MR) is 69.8 cm³/mol. The Kier molecular flexibility index (Phi) is 3.46. The number of thioether (sulfide) groups is 1. The Balaban J connectivity index is 1.53. The van der Waals surface area contributed by atoms with E-state index in [1.54, 1.807) is 23.1 Å². The molecule has 2 aromatic heterocycles. The monoisotopic (exact) mass is 283 g/mol. The summed E-state index contributed by atoms with van der Waals surface area (Å²) in [6.45, 7) is 1.99. The van der Waals surface area contributed by atoms with Gasteiger partial charge in [0.25, 0.3) is 0 Å². The van der Waals surface area contributed by atoms with Crippen molar-refractivity contribution >= 4 is 28.2 Å². The van der Waals surface area contributed by atoms with Gasteiger partial charge >= 0.3 is 0 Å². The highest BCUT2D eigenvalue weighted by Crippen LogP contribution is 2.31. The molecule has 0 aromatic carbocycles. The second-order valence-electron chi connectivity index (χ2n) is 4.02. The largest absolute Gasteiger partial charge is 0.424 e. The molecule has 2 aromatic rings. The van der Waals surface area contributed by atoms with Crippen LogP contribution in [0.2, 0.25) is 0 Å². The second-order valence-corrected chi connectivity index (χ2v) is 6.22. The fourth-order valence-electron chi connectivity index (χ4n) is 1.34. The lowest BCUT2D eigenvalue weighted by Crippen LogP contribution is -1.99. The van der Waals surface area contributed by atoms with Gasteiger partial charge in [0.2, 0.25) is 16.9 Å². The van der Waals surface area contributed by atoms with Crippen molar-refractivity contribution in [1.29, 1.82) is 0 Å². The zero-order chi connectivity index (χ0) is 12.4. The summed E-state index contributed by atoms with van der Waals surface area (Å²) >= 11 is 3.15. The molecule has 18 heavy (non-hydrogen) atoms. The van der Waals surface area contributed by atoms with Gasteiger partial charge in [0.05, 0.1) is 5.75 Å². The Hall–Kier alpha value is -1.15. The van der Waals surface area contributed by atoms with Crippen LogP contribution < -0.4 is 5.32 Å². The van der Waals surface area contributed by atoms with Gasteiger partial charge in [-0.3, -0.25) is 0 Å². The van der Waals surface area contributed by atoms with Crippen molar-refractivity contribution in [2.45, 2.75) is 42.3 Å². The molecule has 0 unspecified atom stereocenters. The van der Waals surface area contributed by atoms with Gasteiger partial charge in [-0.2, -0.15) is 0 Å². The van der Waals surface area contributed by atoms with Crippen LogP contribution in [0.1, 0.15) is 31.5 Å². The van der Waals surface area contributed by atoms with Crippen LogP contribution in [-0.2, 0) is 12.2 Å². The molecule has 3 rings (SSSR count). The van der Waals surface area contributed by atoms with Crippen LogP contribution in [0.4, 0.5) is 5.13 Å². The Morgan fingerprint density at radius 2 is 2.11 bits per heavy atom. The van der Waals surface area contributed by atoms with E-state index in [2.05, 4.69) is 25.7 Å². The first-order chi connectivity index (χ1) is 8.83. The fraction of sp³-hybridized carbons (Fsp3) is 0.600. The molecule has 1 N–H and O–H groups in total. The molecule has 8 heteroatoms. The normalized spacial score (nSPS) is 14.9. The lowest BCUT2D eigenvalue weighted by atomic mass is 10.5. The number of rotatable bonds is 6. The standard InChI is InChI=1S/C10H13N5OS2/c1-2-7-12-13-8(16-7)5-17-10-15-14-9(18-10)11-6-3-4-6/h6H,2-5H2,1H3,(H,11,14). The van der Waals surface area contributed by atoms with Crippen LogP contribution in [-0.4, -0.2) is 26.4 Å². The van der Waals surface area contributed by atoms with E-state index in [9.17, 15) is 0 Å². The van der Waals surface area contributed by atoms with Crippen LogP contribution in [0, 0.1) is 0 Å². The van der Waals surface area contributed by atoms with Crippen molar-refractivity contribution in [3.63, 3.8) is 0 Å². The second kappa shape index (κ2) is 5.23. The first kappa shape index (κ1) is 11.9. The zero-order valence-corrected chi connectivity index (χ0v) is 11.6. The van der Waals surface area contributed by atoms with Crippen molar-refractivity contribution in [3.05, 3.63) is 11.8 Å².